The fourth-order valence-electron chi connectivity index (χ4n) is 2.20. The molecule has 1 aliphatic rings. The van der Waals surface area contributed by atoms with Crippen molar-refractivity contribution in [2.75, 3.05) is 20.3 Å². The maximum Gasteiger partial charge on any atom is 0.265 e. The normalized spacial score (nSPS) is 16.2. The molecular weight excluding hydrogens is 328 g/mol. The first-order valence-corrected chi connectivity index (χ1v) is 7.73. The Morgan fingerprint density at radius 2 is 2.08 bits per heavy atom. The van der Waals surface area contributed by atoms with Crippen LogP contribution >= 0.6 is 12.2 Å². The van der Waals surface area contributed by atoms with Gasteiger partial charge >= 0.3 is 0 Å². The second-order valence-corrected chi connectivity index (χ2v) is 5.25. The predicted octanol–water partition coefficient (Wildman–Crippen LogP) is 1.91. The third-order valence-corrected chi connectivity index (χ3v) is 3.62. The van der Waals surface area contributed by atoms with Crippen LogP contribution in [0.15, 0.2) is 36.4 Å². The summed E-state index contributed by atoms with van der Waals surface area (Å²) >= 11 is 5.01. The van der Waals surface area contributed by atoms with Gasteiger partial charge < -0.3 is 9.47 Å². The molecule has 2 rings (SSSR count). The van der Waals surface area contributed by atoms with Crippen molar-refractivity contribution in [3.05, 3.63) is 42.0 Å². The molecule has 1 N–H and O–H groups in total. The molecule has 0 saturated carbocycles. The van der Waals surface area contributed by atoms with Crippen LogP contribution in [-0.2, 0) is 9.59 Å². The van der Waals surface area contributed by atoms with E-state index in [4.69, 9.17) is 21.7 Å². The Kier molecular flexibility index (Phi) is 5.70. The summed E-state index contributed by atoms with van der Waals surface area (Å²) in [5.41, 5.74) is 0.636. The first-order chi connectivity index (χ1) is 11.5. The summed E-state index contributed by atoms with van der Waals surface area (Å²) < 4.78 is 10.7. The van der Waals surface area contributed by atoms with Crippen molar-refractivity contribution in [3.8, 4) is 11.5 Å². The molecule has 0 radical (unpaired) electrons. The van der Waals surface area contributed by atoms with Gasteiger partial charge in [-0.25, -0.2) is 0 Å². The molecule has 0 unspecified atom stereocenters. The first kappa shape index (κ1) is 17.7. The lowest BCUT2D eigenvalue weighted by molar-refractivity contribution is -0.128. The molecule has 1 heterocycles. The lowest BCUT2D eigenvalue weighted by Crippen LogP contribution is -2.53. The first-order valence-electron chi connectivity index (χ1n) is 7.32. The molecule has 24 heavy (non-hydrogen) atoms. The molecule has 0 aliphatic carbocycles. The minimum absolute atomic E-state index is 0.00309. The Bertz CT molecular complexity index is 727. The summed E-state index contributed by atoms with van der Waals surface area (Å²) in [4.78, 5) is 25.8. The van der Waals surface area contributed by atoms with E-state index in [1.54, 1.807) is 24.3 Å². The Hall–Kier alpha value is -2.67. The molecule has 7 heteroatoms. The lowest BCUT2D eigenvalue weighted by atomic mass is 10.1. The number of hydrogen-bond acceptors (Lipinski definition) is 5. The van der Waals surface area contributed by atoms with E-state index in [9.17, 15) is 9.59 Å². The zero-order valence-electron chi connectivity index (χ0n) is 13.5. The number of benzene rings is 1. The van der Waals surface area contributed by atoms with Crippen LogP contribution in [0.5, 0.6) is 11.5 Å². The van der Waals surface area contributed by atoms with Gasteiger partial charge in [-0.3, -0.25) is 19.8 Å². The Morgan fingerprint density at radius 1 is 1.33 bits per heavy atom. The Balaban J connectivity index is 2.38. The van der Waals surface area contributed by atoms with E-state index < -0.39 is 11.8 Å². The molecule has 1 saturated heterocycles. The standard InChI is InChI=1S/C17H18N2O4S/c1-4-8-19-16(21)12(15(20)18-17(19)24)9-11-6-7-13(23-5-2)14(10-11)22-3/h4,6-7,9-10H,1,5,8H2,2-3H3,(H,18,20,24)/b12-9+. The molecule has 1 aromatic carbocycles. The summed E-state index contributed by atoms with van der Waals surface area (Å²) in [7, 11) is 1.53. The van der Waals surface area contributed by atoms with Gasteiger partial charge in [-0.2, -0.15) is 0 Å². The number of amides is 2. The maximum absolute atomic E-state index is 12.5. The molecule has 0 aromatic heterocycles. The van der Waals surface area contributed by atoms with Crippen LogP contribution in [0.1, 0.15) is 12.5 Å². The highest BCUT2D eigenvalue weighted by molar-refractivity contribution is 7.80. The quantitative estimate of drug-likeness (QED) is 0.369. The van der Waals surface area contributed by atoms with E-state index in [0.29, 0.717) is 23.7 Å². The fourth-order valence-corrected chi connectivity index (χ4v) is 2.45. The third kappa shape index (κ3) is 3.62. The Morgan fingerprint density at radius 3 is 2.71 bits per heavy atom. The van der Waals surface area contributed by atoms with Crippen LogP contribution in [0, 0.1) is 0 Å². The highest BCUT2D eigenvalue weighted by atomic mass is 32.1. The van der Waals surface area contributed by atoms with Crippen LogP contribution in [0.3, 0.4) is 0 Å². The summed E-state index contributed by atoms with van der Waals surface area (Å²) in [6.45, 7) is 6.19. The summed E-state index contributed by atoms with van der Waals surface area (Å²) in [6.07, 6.45) is 3.03. The van der Waals surface area contributed by atoms with E-state index >= 15 is 0 Å². The number of methoxy groups -OCH3 is 1. The number of carbonyl (C=O) groups excluding carboxylic acids is 2. The van der Waals surface area contributed by atoms with Gasteiger partial charge in [0, 0.05) is 6.54 Å². The van der Waals surface area contributed by atoms with Crippen LogP contribution < -0.4 is 14.8 Å². The molecule has 1 aliphatic heterocycles. The minimum atomic E-state index is -0.529. The Labute approximate surface area is 145 Å². The molecule has 1 aromatic rings. The van der Waals surface area contributed by atoms with Crippen molar-refractivity contribution in [2.45, 2.75) is 6.92 Å². The molecule has 0 atom stereocenters. The van der Waals surface area contributed by atoms with E-state index in [1.165, 1.54) is 18.1 Å². The van der Waals surface area contributed by atoms with Crippen LogP contribution in [0.25, 0.3) is 6.08 Å². The molecule has 126 valence electrons. The van der Waals surface area contributed by atoms with Crippen molar-refractivity contribution in [2.24, 2.45) is 0 Å². The second kappa shape index (κ2) is 7.74. The molecule has 0 bridgehead atoms. The minimum Gasteiger partial charge on any atom is -0.493 e. The SMILES string of the molecule is C=CCN1C(=O)/C(=C/c2ccc(OCC)c(OC)c2)C(=O)NC1=S. The topological polar surface area (TPSA) is 67.9 Å². The molecule has 1 fully saturated rings. The molecular formula is C17H18N2O4S. The van der Waals surface area contributed by atoms with Crippen molar-refractivity contribution in [1.82, 2.24) is 10.2 Å². The van der Waals surface area contributed by atoms with Gasteiger partial charge in [-0.1, -0.05) is 12.1 Å². The van der Waals surface area contributed by atoms with Gasteiger partial charge in [0.2, 0.25) is 0 Å². The third-order valence-electron chi connectivity index (χ3n) is 3.30. The monoisotopic (exact) mass is 346 g/mol. The molecule has 6 nitrogen and oxygen atoms in total. The number of nitrogens with one attached hydrogen (secondary N) is 1. The fraction of sp³-hybridized carbons (Fsp3) is 0.235. The average molecular weight is 346 g/mol. The average Bonchev–Trinajstić information content (AvgIpc) is 2.56. The van der Waals surface area contributed by atoms with Crippen LogP contribution in [-0.4, -0.2) is 42.1 Å². The van der Waals surface area contributed by atoms with E-state index in [0.717, 1.165) is 0 Å². The largest absolute Gasteiger partial charge is 0.493 e. The highest BCUT2D eigenvalue weighted by Gasteiger charge is 2.32. The van der Waals surface area contributed by atoms with Gasteiger partial charge in [0.15, 0.2) is 16.6 Å². The summed E-state index contributed by atoms with van der Waals surface area (Å²) in [5, 5.41) is 2.58. The van der Waals surface area contributed by atoms with E-state index in [2.05, 4.69) is 11.9 Å². The number of nitrogens with zero attached hydrogens (tertiary/aromatic N) is 1. The predicted molar refractivity (Wildman–Crippen MR) is 94.8 cm³/mol. The van der Waals surface area contributed by atoms with E-state index in [-0.39, 0.29) is 17.2 Å². The van der Waals surface area contributed by atoms with Gasteiger partial charge in [0.25, 0.3) is 11.8 Å². The van der Waals surface area contributed by atoms with Gasteiger partial charge in [0.1, 0.15) is 5.57 Å². The van der Waals surface area contributed by atoms with E-state index in [1.807, 2.05) is 6.92 Å². The van der Waals surface area contributed by atoms with Crippen LogP contribution in [0.4, 0.5) is 0 Å². The summed E-state index contributed by atoms with van der Waals surface area (Å²) in [6, 6.07) is 5.17. The number of ether oxygens (including phenoxy) is 2. The number of hydrogen-bond donors (Lipinski definition) is 1. The summed E-state index contributed by atoms with van der Waals surface area (Å²) in [5.74, 6) is 0.124. The van der Waals surface area contributed by atoms with Crippen molar-refractivity contribution in [1.29, 1.82) is 0 Å². The molecule has 0 spiro atoms. The van der Waals surface area contributed by atoms with Crippen molar-refractivity contribution < 1.29 is 19.1 Å². The van der Waals surface area contributed by atoms with Gasteiger partial charge in [-0.15, -0.1) is 6.58 Å². The van der Waals surface area contributed by atoms with Gasteiger partial charge in [-0.05, 0) is 42.9 Å². The number of rotatable bonds is 6. The van der Waals surface area contributed by atoms with Crippen molar-refractivity contribution >= 4 is 35.2 Å². The highest BCUT2D eigenvalue weighted by Crippen LogP contribution is 2.29. The number of carbonyl (C=O) groups is 2. The lowest BCUT2D eigenvalue weighted by Gasteiger charge is -2.27. The van der Waals surface area contributed by atoms with Crippen molar-refractivity contribution in [3.63, 3.8) is 0 Å². The second-order valence-electron chi connectivity index (χ2n) is 4.87. The van der Waals surface area contributed by atoms with Gasteiger partial charge in [0.05, 0.1) is 13.7 Å². The maximum atomic E-state index is 12.5. The number of thiocarbonyl (C=S) groups is 1. The zero-order valence-corrected chi connectivity index (χ0v) is 14.3. The zero-order chi connectivity index (χ0) is 17.7. The van der Waals surface area contributed by atoms with Crippen LogP contribution in [0.2, 0.25) is 0 Å². The molecule has 2 amide bonds. The smallest absolute Gasteiger partial charge is 0.265 e.